The molecule has 0 heterocycles. The predicted molar refractivity (Wildman–Crippen MR) is 51.9 cm³/mol. The van der Waals surface area contributed by atoms with Gasteiger partial charge in [-0.15, -0.1) is 0 Å². The molecule has 2 N–H and O–H groups in total. The smallest absolute Gasteiger partial charge is 0.413 e. The molecule has 0 atom stereocenters. The third-order valence-corrected chi connectivity index (χ3v) is 1.05. The van der Waals surface area contributed by atoms with E-state index >= 15 is 0 Å². The number of ether oxygens (including phenoxy) is 1. The molecule has 0 saturated carbocycles. The number of carbonyl (C=O) groups is 1. The zero-order valence-electron chi connectivity index (χ0n) is 8.52. The molecule has 0 unspecified atom stereocenters. The van der Waals surface area contributed by atoms with Crippen molar-refractivity contribution >= 4 is 11.9 Å². The van der Waals surface area contributed by atoms with Crippen molar-refractivity contribution in [2.45, 2.75) is 33.3 Å². The molecule has 1 amide bonds. The van der Waals surface area contributed by atoms with Crippen molar-refractivity contribution in [1.82, 2.24) is 5.32 Å². The van der Waals surface area contributed by atoms with Gasteiger partial charge in [-0.2, -0.15) is 0 Å². The summed E-state index contributed by atoms with van der Waals surface area (Å²) < 4.78 is 4.93. The minimum Gasteiger partial charge on any atom is -0.444 e. The summed E-state index contributed by atoms with van der Waals surface area (Å²) in [5, 5.41) is 9.53. The number of hydrogen-bond donors (Lipinski definition) is 2. The summed E-state index contributed by atoms with van der Waals surface area (Å²) >= 11 is 0. The Bertz CT molecular complexity index is 238. The zero-order valence-corrected chi connectivity index (χ0v) is 8.52. The third-order valence-electron chi connectivity index (χ3n) is 1.05. The van der Waals surface area contributed by atoms with E-state index in [-0.39, 0.29) is 5.84 Å². The molecule has 0 aromatic carbocycles. The standard InChI is InChI=1S/C9H16N2O2/c1-6(2)7(10)11-8(12)13-9(3,4)5/h1H2,2-5H3,(H2,10,11,12). The maximum absolute atomic E-state index is 11.1. The monoisotopic (exact) mass is 184 g/mol. The van der Waals surface area contributed by atoms with Crippen LogP contribution in [0.4, 0.5) is 4.79 Å². The van der Waals surface area contributed by atoms with E-state index in [4.69, 9.17) is 10.1 Å². The number of amidine groups is 1. The number of nitrogens with one attached hydrogen (secondary N) is 2. The first-order chi connectivity index (χ1) is 5.72. The Hall–Kier alpha value is -1.32. The number of alkyl carbamates (subject to hydrolysis) is 1. The van der Waals surface area contributed by atoms with E-state index in [1.807, 2.05) is 0 Å². The van der Waals surface area contributed by atoms with Crippen molar-refractivity contribution in [2.24, 2.45) is 0 Å². The number of hydrogen-bond acceptors (Lipinski definition) is 3. The van der Waals surface area contributed by atoms with Crippen LogP contribution < -0.4 is 5.32 Å². The zero-order chi connectivity index (χ0) is 10.6. The van der Waals surface area contributed by atoms with Crippen molar-refractivity contribution in [3.63, 3.8) is 0 Å². The van der Waals surface area contributed by atoms with Gasteiger partial charge in [0.05, 0.1) is 0 Å². The number of carbonyl (C=O) groups excluding carboxylic acids is 1. The van der Waals surface area contributed by atoms with Crippen LogP contribution in [-0.4, -0.2) is 17.5 Å². The fourth-order valence-corrected chi connectivity index (χ4v) is 0.512. The predicted octanol–water partition coefficient (Wildman–Crippen LogP) is 2.06. The molecular weight excluding hydrogens is 168 g/mol. The van der Waals surface area contributed by atoms with Gasteiger partial charge in [0.25, 0.3) is 0 Å². The van der Waals surface area contributed by atoms with Crippen LogP contribution in [0, 0.1) is 5.41 Å². The number of amides is 1. The second-order valence-corrected chi connectivity index (χ2v) is 3.78. The van der Waals surface area contributed by atoms with Gasteiger partial charge in [-0.25, -0.2) is 4.79 Å². The lowest BCUT2D eigenvalue weighted by Crippen LogP contribution is -2.36. The Morgan fingerprint density at radius 3 is 2.23 bits per heavy atom. The minimum atomic E-state index is -0.625. The lowest BCUT2D eigenvalue weighted by Gasteiger charge is -2.19. The Kier molecular flexibility index (Phi) is 3.66. The molecule has 4 heteroatoms. The SMILES string of the molecule is C=C(C)C(=N)NC(=O)OC(C)(C)C. The average Bonchev–Trinajstić information content (AvgIpc) is 1.81. The maximum Gasteiger partial charge on any atom is 0.413 e. The molecule has 0 aromatic heterocycles. The van der Waals surface area contributed by atoms with E-state index in [1.165, 1.54) is 0 Å². The maximum atomic E-state index is 11.1. The molecule has 0 radical (unpaired) electrons. The largest absolute Gasteiger partial charge is 0.444 e. The Balaban J connectivity index is 4.04. The van der Waals surface area contributed by atoms with Crippen molar-refractivity contribution < 1.29 is 9.53 Å². The van der Waals surface area contributed by atoms with Gasteiger partial charge in [-0.05, 0) is 33.3 Å². The van der Waals surface area contributed by atoms with E-state index in [0.29, 0.717) is 5.57 Å². The second kappa shape index (κ2) is 4.07. The highest BCUT2D eigenvalue weighted by Crippen LogP contribution is 2.06. The molecule has 0 bridgehead atoms. The molecule has 13 heavy (non-hydrogen) atoms. The second-order valence-electron chi connectivity index (χ2n) is 3.78. The van der Waals surface area contributed by atoms with Crippen molar-refractivity contribution in [1.29, 1.82) is 5.41 Å². The van der Waals surface area contributed by atoms with Gasteiger partial charge in [0, 0.05) is 0 Å². The molecule has 0 aliphatic rings. The topological polar surface area (TPSA) is 62.2 Å². The molecule has 0 spiro atoms. The molecular formula is C9H16N2O2. The van der Waals surface area contributed by atoms with Crippen molar-refractivity contribution in [2.75, 3.05) is 0 Å². The van der Waals surface area contributed by atoms with Crippen LogP contribution >= 0.6 is 0 Å². The molecule has 0 aromatic rings. The third kappa shape index (κ3) is 5.90. The van der Waals surface area contributed by atoms with Gasteiger partial charge < -0.3 is 4.74 Å². The lowest BCUT2D eigenvalue weighted by molar-refractivity contribution is 0.0563. The van der Waals surface area contributed by atoms with E-state index in [9.17, 15) is 4.79 Å². The summed E-state index contributed by atoms with van der Waals surface area (Å²) in [5.41, 5.74) is -0.0507. The van der Waals surface area contributed by atoms with Gasteiger partial charge in [-0.3, -0.25) is 10.7 Å². The Morgan fingerprint density at radius 2 is 1.92 bits per heavy atom. The molecule has 0 rings (SSSR count). The quantitative estimate of drug-likeness (QED) is 0.484. The first-order valence-electron chi connectivity index (χ1n) is 3.97. The van der Waals surface area contributed by atoms with Crippen LogP contribution in [0.1, 0.15) is 27.7 Å². The average molecular weight is 184 g/mol. The van der Waals surface area contributed by atoms with Gasteiger partial charge >= 0.3 is 6.09 Å². The van der Waals surface area contributed by atoms with Crippen LogP contribution in [0.15, 0.2) is 12.2 Å². The molecule has 74 valence electrons. The highest BCUT2D eigenvalue weighted by atomic mass is 16.6. The van der Waals surface area contributed by atoms with Crippen LogP contribution in [0.2, 0.25) is 0 Å². The summed E-state index contributed by atoms with van der Waals surface area (Å²) in [7, 11) is 0. The van der Waals surface area contributed by atoms with Crippen molar-refractivity contribution in [3.8, 4) is 0 Å². The summed E-state index contributed by atoms with van der Waals surface area (Å²) in [4.78, 5) is 11.1. The van der Waals surface area contributed by atoms with E-state index in [1.54, 1.807) is 27.7 Å². The van der Waals surface area contributed by atoms with E-state index in [2.05, 4.69) is 11.9 Å². The lowest BCUT2D eigenvalue weighted by atomic mass is 10.2. The molecule has 0 saturated heterocycles. The summed E-state index contributed by atoms with van der Waals surface area (Å²) in [5.74, 6) is -0.0192. The van der Waals surface area contributed by atoms with E-state index in [0.717, 1.165) is 0 Å². The van der Waals surface area contributed by atoms with Gasteiger partial charge in [0.2, 0.25) is 0 Å². The van der Waals surface area contributed by atoms with Crippen LogP contribution in [0.5, 0.6) is 0 Å². The van der Waals surface area contributed by atoms with Crippen LogP contribution in [0.3, 0.4) is 0 Å². The van der Waals surface area contributed by atoms with E-state index < -0.39 is 11.7 Å². The normalized spacial score (nSPS) is 10.5. The first-order valence-corrected chi connectivity index (χ1v) is 3.97. The fraction of sp³-hybridized carbons (Fsp3) is 0.556. The Morgan fingerprint density at radius 1 is 1.46 bits per heavy atom. The van der Waals surface area contributed by atoms with Crippen LogP contribution in [-0.2, 0) is 4.74 Å². The van der Waals surface area contributed by atoms with Crippen LogP contribution in [0.25, 0.3) is 0 Å². The minimum absolute atomic E-state index is 0.0192. The molecule has 4 nitrogen and oxygen atoms in total. The van der Waals surface area contributed by atoms with Gasteiger partial charge in [0.15, 0.2) is 0 Å². The highest BCUT2D eigenvalue weighted by molar-refractivity contribution is 6.03. The molecule has 0 fully saturated rings. The summed E-state index contributed by atoms with van der Waals surface area (Å²) in [6.45, 7) is 10.4. The number of rotatable bonds is 1. The summed E-state index contributed by atoms with van der Waals surface area (Å²) in [6, 6.07) is 0. The van der Waals surface area contributed by atoms with Gasteiger partial charge in [0.1, 0.15) is 11.4 Å². The Labute approximate surface area is 78.5 Å². The highest BCUT2D eigenvalue weighted by Gasteiger charge is 2.16. The first kappa shape index (κ1) is 11.7. The van der Waals surface area contributed by atoms with Gasteiger partial charge in [-0.1, -0.05) is 6.58 Å². The summed E-state index contributed by atoms with van der Waals surface area (Å²) in [6.07, 6.45) is -0.625. The van der Waals surface area contributed by atoms with Crippen molar-refractivity contribution in [3.05, 3.63) is 12.2 Å². The molecule has 0 aliphatic carbocycles. The fourth-order valence-electron chi connectivity index (χ4n) is 0.512. The molecule has 0 aliphatic heterocycles.